The largest absolute Gasteiger partial charge is 0.496 e. The van der Waals surface area contributed by atoms with Gasteiger partial charge in [0.1, 0.15) is 5.75 Å². The van der Waals surface area contributed by atoms with Gasteiger partial charge in [-0.2, -0.15) is 0 Å². The Labute approximate surface area is 131 Å². The van der Waals surface area contributed by atoms with Gasteiger partial charge in [0.05, 0.1) is 13.2 Å². The molecular weight excluding hydrogens is 284 g/mol. The Morgan fingerprint density at radius 1 is 1.10 bits per heavy atom. The van der Waals surface area contributed by atoms with Crippen LogP contribution in [0.15, 0.2) is 30.3 Å². The second kappa shape index (κ2) is 6.48. The second-order valence-electron chi connectivity index (χ2n) is 5.24. The van der Waals surface area contributed by atoms with Crippen molar-refractivity contribution in [1.29, 1.82) is 0 Å². The molecule has 0 amide bonds. The second-order valence-corrected chi connectivity index (χ2v) is 5.65. The third-order valence-electron chi connectivity index (χ3n) is 3.90. The fraction of sp³-hybridized carbons (Fsp3) is 0.294. The summed E-state index contributed by atoms with van der Waals surface area (Å²) in [5.41, 5.74) is 8.30. The van der Waals surface area contributed by atoms with Gasteiger partial charge in [-0.05, 0) is 49.1 Å². The number of methoxy groups -OCH3 is 1. The molecule has 0 radical (unpaired) electrons. The quantitative estimate of drug-likeness (QED) is 0.666. The van der Waals surface area contributed by atoms with Gasteiger partial charge in [0, 0.05) is 10.6 Å². The van der Waals surface area contributed by atoms with E-state index in [-0.39, 0.29) is 6.04 Å². The molecule has 4 heteroatoms. The van der Waals surface area contributed by atoms with E-state index < -0.39 is 0 Å². The number of halogens is 1. The van der Waals surface area contributed by atoms with E-state index in [1.807, 2.05) is 25.1 Å². The van der Waals surface area contributed by atoms with Gasteiger partial charge >= 0.3 is 0 Å². The minimum atomic E-state index is -0.143. The van der Waals surface area contributed by atoms with Crippen molar-refractivity contribution in [1.82, 2.24) is 5.43 Å². The maximum Gasteiger partial charge on any atom is 0.127 e. The van der Waals surface area contributed by atoms with E-state index >= 15 is 0 Å². The van der Waals surface area contributed by atoms with Crippen molar-refractivity contribution in [2.75, 3.05) is 7.11 Å². The lowest BCUT2D eigenvalue weighted by Crippen LogP contribution is -2.29. The number of hydrogen-bond acceptors (Lipinski definition) is 3. The summed E-state index contributed by atoms with van der Waals surface area (Å²) in [6.07, 6.45) is 0. The van der Waals surface area contributed by atoms with Crippen molar-refractivity contribution in [3.63, 3.8) is 0 Å². The van der Waals surface area contributed by atoms with Crippen molar-refractivity contribution in [3.05, 3.63) is 63.2 Å². The van der Waals surface area contributed by atoms with Crippen molar-refractivity contribution in [2.45, 2.75) is 26.8 Å². The lowest BCUT2D eigenvalue weighted by molar-refractivity contribution is 0.400. The number of benzene rings is 2. The van der Waals surface area contributed by atoms with Gasteiger partial charge in [0.2, 0.25) is 0 Å². The fourth-order valence-corrected chi connectivity index (χ4v) is 2.64. The van der Waals surface area contributed by atoms with Crippen LogP contribution in [0.2, 0.25) is 5.02 Å². The fourth-order valence-electron chi connectivity index (χ4n) is 2.52. The Morgan fingerprint density at radius 2 is 1.81 bits per heavy atom. The number of hydrazine groups is 1. The molecule has 1 atom stereocenters. The van der Waals surface area contributed by atoms with Gasteiger partial charge < -0.3 is 4.74 Å². The van der Waals surface area contributed by atoms with Gasteiger partial charge in [-0.25, -0.2) is 5.43 Å². The Hall–Kier alpha value is -1.55. The maximum absolute atomic E-state index is 6.10. The summed E-state index contributed by atoms with van der Waals surface area (Å²) < 4.78 is 5.59. The number of hydrogen-bond donors (Lipinski definition) is 2. The number of nitrogens with two attached hydrogens (primary N) is 1. The molecule has 0 bridgehead atoms. The summed E-state index contributed by atoms with van der Waals surface area (Å²) in [5, 5.41) is 0.751. The highest BCUT2D eigenvalue weighted by Crippen LogP contribution is 2.34. The summed E-state index contributed by atoms with van der Waals surface area (Å²) in [4.78, 5) is 0. The van der Waals surface area contributed by atoms with Crippen LogP contribution < -0.4 is 16.0 Å². The molecule has 0 fully saturated rings. The van der Waals surface area contributed by atoms with Gasteiger partial charge in [0.15, 0.2) is 0 Å². The third kappa shape index (κ3) is 3.05. The summed E-state index contributed by atoms with van der Waals surface area (Å²) in [6.45, 7) is 6.11. The average molecular weight is 305 g/mol. The smallest absolute Gasteiger partial charge is 0.127 e. The van der Waals surface area contributed by atoms with Gasteiger partial charge in [-0.3, -0.25) is 5.84 Å². The van der Waals surface area contributed by atoms with Gasteiger partial charge in [0.25, 0.3) is 0 Å². The number of aryl methyl sites for hydroxylation is 2. The Kier molecular flexibility index (Phi) is 4.88. The Bertz CT molecular complexity index is 655. The zero-order valence-electron chi connectivity index (χ0n) is 12.8. The molecule has 112 valence electrons. The molecular formula is C17H21ClN2O. The molecule has 0 saturated heterocycles. The first-order valence-corrected chi connectivity index (χ1v) is 7.23. The number of nitrogens with one attached hydrogen (secondary N) is 1. The molecule has 2 aromatic carbocycles. The van der Waals surface area contributed by atoms with Crippen molar-refractivity contribution in [2.24, 2.45) is 5.84 Å². The molecule has 3 nitrogen and oxygen atoms in total. The first-order valence-electron chi connectivity index (χ1n) is 6.85. The van der Waals surface area contributed by atoms with Crippen LogP contribution in [0, 0.1) is 20.8 Å². The molecule has 2 rings (SSSR count). The molecule has 0 aliphatic heterocycles. The molecule has 0 spiro atoms. The topological polar surface area (TPSA) is 47.3 Å². The van der Waals surface area contributed by atoms with Gasteiger partial charge in [-0.15, -0.1) is 0 Å². The molecule has 0 aliphatic carbocycles. The SMILES string of the molecule is COc1c(C(NN)c2ccc(Cl)c(C)c2)ccc(C)c1C. The highest BCUT2D eigenvalue weighted by Gasteiger charge is 2.19. The highest BCUT2D eigenvalue weighted by atomic mass is 35.5. The van der Waals surface area contributed by atoms with Crippen molar-refractivity contribution in [3.8, 4) is 5.75 Å². The van der Waals surface area contributed by atoms with Crippen LogP contribution in [0.3, 0.4) is 0 Å². The van der Waals surface area contributed by atoms with Crippen molar-refractivity contribution < 1.29 is 4.74 Å². The van der Waals surface area contributed by atoms with E-state index in [0.29, 0.717) is 0 Å². The minimum Gasteiger partial charge on any atom is -0.496 e. The predicted octanol–water partition coefficient (Wildman–Crippen LogP) is 3.83. The molecule has 0 aromatic heterocycles. The zero-order valence-corrected chi connectivity index (χ0v) is 13.6. The van der Waals surface area contributed by atoms with E-state index in [1.54, 1.807) is 7.11 Å². The first kappa shape index (κ1) is 15.8. The van der Waals surface area contributed by atoms with Crippen molar-refractivity contribution >= 4 is 11.6 Å². The average Bonchev–Trinajstić information content (AvgIpc) is 2.47. The normalized spacial score (nSPS) is 12.3. The van der Waals surface area contributed by atoms with Gasteiger partial charge in [-0.1, -0.05) is 35.9 Å². The van der Waals surface area contributed by atoms with Crippen LogP contribution in [-0.2, 0) is 0 Å². The van der Waals surface area contributed by atoms with Crippen LogP contribution >= 0.6 is 11.6 Å². The zero-order chi connectivity index (χ0) is 15.6. The summed E-state index contributed by atoms with van der Waals surface area (Å²) >= 11 is 6.10. The minimum absolute atomic E-state index is 0.143. The first-order chi connectivity index (χ1) is 9.99. The van der Waals surface area contributed by atoms with E-state index in [2.05, 4.69) is 31.4 Å². The van der Waals surface area contributed by atoms with Crippen LogP contribution in [0.1, 0.15) is 33.9 Å². The van der Waals surface area contributed by atoms with Crippen LogP contribution in [-0.4, -0.2) is 7.11 Å². The van der Waals surface area contributed by atoms with E-state index in [1.165, 1.54) is 5.56 Å². The predicted molar refractivity (Wildman–Crippen MR) is 87.8 cm³/mol. The maximum atomic E-state index is 6.10. The molecule has 1 unspecified atom stereocenters. The molecule has 0 heterocycles. The summed E-state index contributed by atoms with van der Waals surface area (Å²) in [5.74, 6) is 6.66. The summed E-state index contributed by atoms with van der Waals surface area (Å²) in [7, 11) is 1.69. The molecule has 3 N–H and O–H groups in total. The monoisotopic (exact) mass is 304 g/mol. The Balaban J connectivity index is 2.56. The standard InChI is InChI=1S/C17H21ClN2O/c1-10-5-7-14(17(21-4)12(10)3)16(20-19)13-6-8-15(18)11(2)9-13/h5-9,16,20H,19H2,1-4H3. The van der Waals surface area contributed by atoms with Crippen LogP contribution in [0.25, 0.3) is 0 Å². The van der Waals surface area contributed by atoms with Crippen LogP contribution in [0.4, 0.5) is 0 Å². The highest BCUT2D eigenvalue weighted by molar-refractivity contribution is 6.31. The van der Waals surface area contributed by atoms with E-state index in [9.17, 15) is 0 Å². The Morgan fingerprint density at radius 3 is 2.38 bits per heavy atom. The molecule has 2 aromatic rings. The summed E-state index contributed by atoms with van der Waals surface area (Å²) in [6, 6.07) is 9.91. The number of rotatable bonds is 4. The lowest BCUT2D eigenvalue weighted by Gasteiger charge is -2.22. The van der Waals surface area contributed by atoms with Crippen LogP contribution in [0.5, 0.6) is 5.75 Å². The lowest BCUT2D eigenvalue weighted by atomic mass is 9.94. The molecule has 21 heavy (non-hydrogen) atoms. The van der Waals surface area contributed by atoms with E-state index in [4.69, 9.17) is 22.2 Å². The van der Waals surface area contributed by atoms with E-state index in [0.717, 1.165) is 33.0 Å². The molecule has 0 aliphatic rings. The number of ether oxygens (including phenoxy) is 1. The molecule has 0 saturated carbocycles. The third-order valence-corrected chi connectivity index (χ3v) is 4.33.